The number of nitrogens with zero attached hydrogens (tertiary/aromatic N) is 1. The van der Waals surface area contributed by atoms with E-state index in [9.17, 15) is 4.39 Å². The monoisotopic (exact) mass is 495 g/mol. The van der Waals surface area contributed by atoms with E-state index < -0.39 is 0 Å². The molecule has 0 amide bonds. The second-order valence-corrected chi connectivity index (χ2v) is 6.24. The number of nitrogens with one attached hydrogen (secondary N) is 2. The lowest BCUT2D eigenvalue weighted by Crippen LogP contribution is -2.39. The van der Waals surface area contributed by atoms with Gasteiger partial charge < -0.3 is 24.8 Å². The lowest BCUT2D eigenvalue weighted by molar-refractivity contribution is 0.0191. The van der Waals surface area contributed by atoms with Crippen molar-refractivity contribution < 1.29 is 18.6 Å². The number of ether oxygens (including phenoxy) is 3. The Morgan fingerprint density at radius 2 is 2.11 bits per heavy atom. The fourth-order valence-corrected chi connectivity index (χ4v) is 2.58. The molecule has 1 aliphatic rings. The van der Waals surface area contributed by atoms with E-state index in [1.807, 2.05) is 13.8 Å². The second-order valence-electron chi connectivity index (χ2n) is 6.24. The zero-order chi connectivity index (χ0) is 18.6. The first-order valence-corrected chi connectivity index (χ1v) is 9.31. The van der Waals surface area contributed by atoms with Gasteiger partial charge in [0, 0.05) is 19.7 Å². The van der Waals surface area contributed by atoms with Crippen molar-refractivity contribution in [1.29, 1.82) is 0 Å². The highest BCUT2D eigenvalue weighted by Crippen LogP contribution is 2.13. The van der Waals surface area contributed by atoms with Crippen molar-refractivity contribution >= 4 is 29.9 Å². The minimum absolute atomic E-state index is 0. The molecule has 2 rings (SSSR count). The molecule has 0 saturated carbocycles. The summed E-state index contributed by atoms with van der Waals surface area (Å²) < 4.78 is 29.8. The van der Waals surface area contributed by atoms with E-state index in [0.717, 1.165) is 32.0 Å². The number of hydrogen-bond donors (Lipinski definition) is 2. The number of aliphatic imine (C=N–C) groups is 1. The average Bonchev–Trinajstić information content (AvgIpc) is 3.15. The smallest absolute Gasteiger partial charge is 0.191 e. The third-order valence-electron chi connectivity index (χ3n) is 3.87. The topological polar surface area (TPSA) is 64.1 Å². The predicted molar refractivity (Wildman–Crippen MR) is 116 cm³/mol. The Labute approximate surface area is 178 Å². The first-order chi connectivity index (χ1) is 12.7. The van der Waals surface area contributed by atoms with Crippen molar-refractivity contribution in [2.75, 3.05) is 39.5 Å². The Morgan fingerprint density at radius 1 is 1.33 bits per heavy atom. The van der Waals surface area contributed by atoms with Crippen LogP contribution in [0.3, 0.4) is 0 Å². The molecule has 154 valence electrons. The van der Waals surface area contributed by atoms with Gasteiger partial charge in [0.15, 0.2) is 5.96 Å². The molecule has 1 aromatic carbocycles. The van der Waals surface area contributed by atoms with Gasteiger partial charge in [0.1, 0.15) is 17.7 Å². The Kier molecular flexibility index (Phi) is 12.4. The maximum atomic E-state index is 12.9. The molecule has 27 heavy (non-hydrogen) atoms. The van der Waals surface area contributed by atoms with Crippen molar-refractivity contribution in [2.45, 2.75) is 38.9 Å². The molecule has 6 nitrogen and oxygen atoms in total. The van der Waals surface area contributed by atoms with Crippen molar-refractivity contribution in [3.8, 4) is 5.75 Å². The van der Waals surface area contributed by atoms with Gasteiger partial charge in [-0.05, 0) is 51.0 Å². The molecule has 0 spiro atoms. The van der Waals surface area contributed by atoms with Gasteiger partial charge in [-0.15, -0.1) is 24.0 Å². The molecule has 2 unspecified atom stereocenters. The number of guanidine groups is 1. The van der Waals surface area contributed by atoms with Crippen LogP contribution >= 0.6 is 24.0 Å². The quantitative estimate of drug-likeness (QED) is 0.226. The maximum Gasteiger partial charge on any atom is 0.191 e. The average molecular weight is 495 g/mol. The van der Waals surface area contributed by atoms with Crippen LogP contribution < -0.4 is 15.4 Å². The van der Waals surface area contributed by atoms with Gasteiger partial charge in [-0.25, -0.2) is 9.38 Å². The van der Waals surface area contributed by atoms with Gasteiger partial charge in [0.2, 0.25) is 0 Å². The van der Waals surface area contributed by atoms with Crippen LogP contribution in [0.4, 0.5) is 4.39 Å². The van der Waals surface area contributed by atoms with Crippen LogP contribution in [0.2, 0.25) is 0 Å². The summed E-state index contributed by atoms with van der Waals surface area (Å²) in [5.41, 5.74) is 0. The third-order valence-corrected chi connectivity index (χ3v) is 3.87. The summed E-state index contributed by atoms with van der Waals surface area (Å²) >= 11 is 0. The van der Waals surface area contributed by atoms with Crippen molar-refractivity contribution in [1.82, 2.24) is 10.6 Å². The normalized spacial score (nSPS) is 17.9. The molecule has 2 atom stereocenters. The summed E-state index contributed by atoms with van der Waals surface area (Å²) in [7, 11) is 0. The Morgan fingerprint density at radius 3 is 2.78 bits per heavy atom. The van der Waals surface area contributed by atoms with E-state index in [-0.39, 0.29) is 42.0 Å². The van der Waals surface area contributed by atoms with E-state index >= 15 is 0 Å². The van der Waals surface area contributed by atoms with Crippen LogP contribution in [-0.2, 0) is 9.47 Å². The summed E-state index contributed by atoms with van der Waals surface area (Å²) in [5, 5.41) is 6.44. The van der Waals surface area contributed by atoms with Gasteiger partial charge in [-0.3, -0.25) is 0 Å². The molecule has 1 saturated heterocycles. The minimum atomic E-state index is -0.275. The van der Waals surface area contributed by atoms with Gasteiger partial charge >= 0.3 is 0 Å². The summed E-state index contributed by atoms with van der Waals surface area (Å²) in [4.78, 5) is 4.52. The van der Waals surface area contributed by atoms with Crippen molar-refractivity contribution in [3.05, 3.63) is 30.1 Å². The molecule has 1 aliphatic heterocycles. The van der Waals surface area contributed by atoms with E-state index in [0.29, 0.717) is 32.1 Å². The van der Waals surface area contributed by atoms with E-state index in [2.05, 4.69) is 15.6 Å². The van der Waals surface area contributed by atoms with Crippen LogP contribution in [0.15, 0.2) is 29.3 Å². The lowest BCUT2D eigenvalue weighted by Gasteiger charge is -2.15. The molecular formula is C19H31FIN3O3. The molecule has 0 aromatic heterocycles. The number of halogens is 2. The zero-order valence-corrected chi connectivity index (χ0v) is 18.4. The SMILES string of the molecule is CCNC(=NCC(C)Oc1ccc(F)cc1)NCCOCC1CCCO1.I. The highest BCUT2D eigenvalue weighted by Gasteiger charge is 2.15. The summed E-state index contributed by atoms with van der Waals surface area (Å²) in [5.74, 6) is 1.08. The highest BCUT2D eigenvalue weighted by atomic mass is 127. The number of hydrogen-bond acceptors (Lipinski definition) is 4. The Bertz CT molecular complexity index is 540. The highest BCUT2D eigenvalue weighted by molar-refractivity contribution is 14.0. The van der Waals surface area contributed by atoms with Gasteiger partial charge in [-0.1, -0.05) is 0 Å². The van der Waals surface area contributed by atoms with Gasteiger partial charge in [0.25, 0.3) is 0 Å². The van der Waals surface area contributed by atoms with Crippen molar-refractivity contribution in [3.63, 3.8) is 0 Å². The fourth-order valence-electron chi connectivity index (χ4n) is 2.58. The molecule has 0 radical (unpaired) electrons. The first-order valence-electron chi connectivity index (χ1n) is 9.31. The van der Waals surface area contributed by atoms with Gasteiger partial charge in [-0.2, -0.15) is 0 Å². The summed E-state index contributed by atoms with van der Waals surface area (Å²) in [6.45, 7) is 7.99. The predicted octanol–water partition coefficient (Wildman–Crippen LogP) is 2.96. The third kappa shape index (κ3) is 10.1. The fraction of sp³-hybridized carbons (Fsp3) is 0.632. The van der Waals surface area contributed by atoms with Crippen LogP contribution in [0.5, 0.6) is 5.75 Å². The Balaban J connectivity index is 0.00000364. The zero-order valence-electron chi connectivity index (χ0n) is 16.1. The van der Waals surface area contributed by atoms with E-state index in [1.165, 1.54) is 12.1 Å². The molecular weight excluding hydrogens is 464 g/mol. The standard InChI is InChI=1S/C19H30FN3O3.HI/c1-3-21-19(22-10-12-24-14-18-5-4-11-25-18)23-13-15(2)26-17-8-6-16(20)7-9-17;/h6-9,15,18H,3-5,10-14H2,1-2H3,(H2,21,22,23);1H. The van der Waals surface area contributed by atoms with Gasteiger partial charge in [0.05, 0.1) is 25.9 Å². The van der Waals surface area contributed by atoms with Crippen LogP contribution in [0, 0.1) is 5.82 Å². The number of rotatable bonds is 10. The summed E-state index contributed by atoms with van der Waals surface area (Å²) in [6, 6.07) is 6.00. The summed E-state index contributed by atoms with van der Waals surface area (Å²) in [6.07, 6.45) is 2.35. The maximum absolute atomic E-state index is 12.9. The van der Waals surface area contributed by atoms with E-state index in [1.54, 1.807) is 12.1 Å². The second kappa shape index (κ2) is 14.0. The largest absolute Gasteiger partial charge is 0.489 e. The molecule has 8 heteroatoms. The van der Waals surface area contributed by atoms with E-state index in [4.69, 9.17) is 14.2 Å². The molecule has 1 heterocycles. The number of benzene rings is 1. The van der Waals surface area contributed by atoms with Crippen molar-refractivity contribution in [2.24, 2.45) is 4.99 Å². The molecule has 0 bridgehead atoms. The van der Waals surface area contributed by atoms with Crippen LogP contribution in [-0.4, -0.2) is 57.6 Å². The first kappa shape index (κ1) is 23.9. The molecule has 2 N–H and O–H groups in total. The minimum Gasteiger partial charge on any atom is -0.489 e. The molecule has 1 aromatic rings. The Hall–Kier alpha value is -1.13. The van der Waals surface area contributed by atoms with Crippen LogP contribution in [0.25, 0.3) is 0 Å². The van der Waals surface area contributed by atoms with Crippen LogP contribution in [0.1, 0.15) is 26.7 Å². The molecule has 1 fully saturated rings. The lowest BCUT2D eigenvalue weighted by atomic mass is 10.2. The molecule has 0 aliphatic carbocycles.